The molecule has 1 fully saturated rings. The molecule has 2 aliphatic rings. The molecule has 2 rings (SSSR count). The number of rotatable bonds is 0. The maximum absolute atomic E-state index is 6.03. The molecule has 2 aliphatic heterocycles. The van der Waals surface area contributed by atoms with Gasteiger partial charge in [0.25, 0.3) is 0 Å². The van der Waals surface area contributed by atoms with E-state index in [1.54, 1.807) is 0 Å². The SMILES string of the molecule is CC1=C(C)C2(CCCN(C)CC2)OC1. The molecule has 0 radical (unpaired) electrons. The first-order valence-corrected chi connectivity index (χ1v) is 5.63. The smallest absolute Gasteiger partial charge is 0.0909 e. The van der Waals surface area contributed by atoms with E-state index in [1.807, 2.05) is 0 Å². The normalized spacial score (nSPS) is 35.4. The van der Waals surface area contributed by atoms with Crippen LogP contribution in [0.25, 0.3) is 0 Å². The fourth-order valence-electron chi connectivity index (χ4n) is 2.61. The molecular weight excluding hydrogens is 174 g/mol. The summed E-state index contributed by atoms with van der Waals surface area (Å²) >= 11 is 0. The summed E-state index contributed by atoms with van der Waals surface area (Å²) in [7, 11) is 2.21. The van der Waals surface area contributed by atoms with E-state index >= 15 is 0 Å². The fourth-order valence-corrected chi connectivity index (χ4v) is 2.61. The van der Waals surface area contributed by atoms with Gasteiger partial charge in [-0.1, -0.05) is 0 Å². The van der Waals surface area contributed by atoms with Gasteiger partial charge in [-0.2, -0.15) is 0 Å². The molecule has 1 unspecified atom stereocenters. The minimum atomic E-state index is 0.106. The van der Waals surface area contributed by atoms with Crippen molar-refractivity contribution in [2.24, 2.45) is 0 Å². The molecule has 1 saturated heterocycles. The quantitative estimate of drug-likeness (QED) is 0.549. The molecule has 0 N–H and O–H groups in total. The van der Waals surface area contributed by atoms with Crippen molar-refractivity contribution >= 4 is 0 Å². The molecule has 1 atom stereocenters. The highest BCUT2D eigenvalue weighted by Gasteiger charge is 2.39. The Morgan fingerprint density at radius 2 is 2.00 bits per heavy atom. The van der Waals surface area contributed by atoms with Gasteiger partial charge < -0.3 is 9.64 Å². The summed E-state index contributed by atoms with van der Waals surface area (Å²) in [5.74, 6) is 0. The van der Waals surface area contributed by atoms with Crippen LogP contribution in [0.15, 0.2) is 11.1 Å². The fraction of sp³-hybridized carbons (Fsp3) is 0.833. The molecule has 0 bridgehead atoms. The molecule has 0 amide bonds. The second-order valence-corrected chi connectivity index (χ2v) is 4.85. The summed E-state index contributed by atoms with van der Waals surface area (Å²) in [5, 5.41) is 0. The monoisotopic (exact) mass is 195 g/mol. The summed E-state index contributed by atoms with van der Waals surface area (Å²) in [4.78, 5) is 2.42. The average molecular weight is 195 g/mol. The van der Waals surface area contributed by atoms with Crippen LogP contribution in [0, 0.1) is 0 Å². The highest BCUT2D eigenvalue weighted by Crippen LogP contribution is 2.39. The van der Waals surface area contributed by atoms with E-state index in [4.69, 9.17) is 4.74 Å². The van der Waals surface area contributed by atoms with Gasteiger partial charge in [-0.3, -0.25) is 0 Å². The Bertz CT molecular complexity index is 259. The molecule has 80 valence electrons. The van der Waals surface area contributed by atoms with Crippen LogP contribution in [0.2, 0.25) is 0 Å². The van der Waals surface area contributed by atoms with Gasteiger partial charge in [0, 0.05) is 6.54 Å². The van der Waals surface area contributed by atoms with E-state index in [0.717, 1.165) is 6.61 Å². The predicted molar refractivity (Wildman–Crippen MR) is 58.4 cm³/mol. The van der Waals surface area contributed by atoms with Gasteiger partial charge in [0.05, 0.1) is 12.2 Å². The highest BCUT2D eigenvalue weighted by molar-refractivity contribution is 5.26. The van der Waals surface area contributed by atoms with Crippen molar-refractivity contribution < 1.29 is 4.74 Å². The van der Waals surface area contributed by atoms with E-state index in [9.17, 15) is 0 Å². The summed E-state index contributed by atoms with van der Waals surface area (Å²) < 4.78 is 6.03. The highest BCUT2D eigenvalue weighted by atomic mass is 16.5. The molecular formula is C12H21NO. The number of hydrogen-bond donors (Lipinski definition) is 0. The first-order chi connectivity index (χ1) is 6.64. The Balaban J connectivity index is 2.16. The Morgan fingerprint density at radius 3 is 2.64 bits per heavy atom. The van der Waals surface area contributed by atoms with Crippen LogP contribution in [0.1, 0.15) is 33.1 Å². The van der Waals surface area contributed by atoms with Crippen molar-refractivity contribution in [3.05, 3.63) is 11.1 Å². The zero-order valence-corrected chi connectivity index (χ0v) is 9.60. The van der Waals surface area contributed by atoms with Crippen molar-refractivity contribution in [1.82, 2.24) is 4.90 Å². The molecule has 2 heterocycles. The molecule has 0 aromatic rings. The van der Waals surface area contributed by atoms with E-state index in [1.165, 1.54) is 43.5 Å². The number of hydrogen-bond acceptors (Lipinski definition) is 2. The first-order valence-electron chi connectivity index (χ1n) is 5.63. The number of likely N-dealkylation sites (tertiary alicyclic amines) is 1. The first kappa shape index (κ1) is 10.2. The van der Waals surface area contributed by atoms with Crippen LogP contribution in [-0.2, 0) is 4.74 Å². The predicted octanol–water partition coefficient (Wildman–Crippen LogP) is 2.21. The molecule has 2 nitrogen and oxygen atoms in total. The van der Waals surface area contributed by atoms with Crippen molar-refractivity contribution in [2.75, 3.05) is 26.7 Å². The minimum absolute atomic E-state index is 0.106. The van der Waals surface area contributed by atoms with Gasteiger partial charge in [0.2, 0.25) is 0 Å². The zero-order valence-electron chi connectivity index (χ0n) is 9.60. The van der Waals surface area contributed by atoms with E-state index in [0.29, 0.717) is 0 Å². The van der Waals surface area contributed by atoms with E-state index in [2.05, 4.69) is 25.8 Å². The zero-order chi connectivity index (χ0) is 10.2. The molecule has 0 aromatic heterocycles. The maximum atomic E-state index is 6.03. The lowest BCUT2D eigenvalue weighted by Gasteiger charge is -2.29. The van der Waals surface area contributed by atoms with Crippen molar-refractivity contribution in [3.8, 4) is 0 Å². The largest absolute Gasteiger partial charge is 0.366 e. The van der Waals surface area contributed by atoms with E-state index < -0.39 is 0 Å². The van der Waals surface area contributed by atoms with Gasteiger partial charge in [-0.05, 0) is 57.8 Å². The van der Waals surface area contributed by atoms with Crippen molar-refractivity contribution in [1.29, 1.82) is 0 Å². The lowest BCUT2D eigenvalue weighted by atomic mass is 9.87. The van der Waals surface area contributed by atoms with Crippen LogP contribution in [-0.4, -0.2) is 37.2 Å². The molecule has 14 heavy (non-hydrogen) atoms. The van der Waals surface area contributed by atoms with Gasteiger partial charge in [0.1, 0.15) is 0 Å². The Labute approximate surface area is 86.9 Å². The Morgan fingerprint density at radius 1 is 1.21 bits per heavy atom. The van der Waals surface area contributed by atoms with Crippen molar-refractivity contribution in [3.63, 3.8) is 0 Å². The van der Waals surface area contributed by atoms with Crippen molar-refractivity contribution in [2.45, 2.75) is 38.7 Å². The number of ether oxygens (including phenoxy) is 1. The third kappa shape index (κ3) is 1.61. The second kappa shape index (κ2) is 3.67. The summed E-state index contributed by atoms with van der Waals surface area (Å²) in [6.07, 6.45) is 3.65. The maximum Gasteiger partial charge on any atom is 0.0909 e. The lowest BCUT2D eigenvalue weighted by Crippen LogP contribution is -2.31. The van der Waals surface area contributed by atoms with Gasteiger partial charge >= 0.3 is 0 Å². The van der Waals surface area contributed by atoms with Crippen LogP contribution in [0.3, 0.4) is 0 Å². The third-order valence-corrected chi connectivity index (χ3v) is 3.91. The lowest BCUT2D eigenvalue weighted by molar-refractivity contribution is 0.00630. The van der Waals surface area contributed by atoms with Gasteiger partial charge in [-0.15, -0.1) is 0 Å². The second-order valence-electron chi connectivity index (χ2n) is 4.85. The van der Waals surface area contributed by atoms with Gasteiger partial charge in [0.15, 0.2) is 0 Å². The Hall–Kier alpha value is -0.340. The van der Waals surface area contributed by atoms with Crippen LogP contribution in [0.4, 0.5) is 0 Å². The molecule has 0 saturated carbocycles. The molecule has 1 spiro atoms. The average Bonchev–Trinajstić information content (AvgIpc) is 2.38. The van der Waals surface area contributed by atoms with Crippen LogP contribution < -0.4 is 0 Å². The summed E-state index contributed by atoms with van der Waals surface area (Å²) in [6, 6.07) is 0. The molecule has 0 aliphatic carbocycles. The van der Waals surface area contributed by atoms with Crippen LogP contribution in [0.5, 0.6) is 0 Å². The summed E-state index contributed by atoms with van der Waals surface area (Å²) in [6.45, 7) is 7.71. The topological polar surface area (TPSA) is 12.5 Å². The summed E-state index contributed by atoms with van der Waals surface area (Å²) in [5.41, 5.74) is 3.07. The van der Waals surface area contributed by atoms with E-state index in [-0.39, 0.29) is 5.60 Å². The number of nitrogens with zero attached hydrogens (tertiary/aromatic N) is 1. The Kier molecular flexibility index (Phi) is 2.67. The van der Waals surface area contributed by atoms with Crippen LogP contribution >= 0.6 is 0 Å². The van der Waals surface area contributed by atoms with Gasteiger partial charge in [-0.25, -0.2) is 0 Å². The minimum Gasteiger partial charge on any atom is -0.366 e. The molecule has 2 heteroatoms. The standard InChI is InChI=1S/C12H21NO/c1-10-9-14-12(11(10)2)5-4-7-13(3)8-6-12/h4-9H2,1-3H3. The molecule has 0 aromatic carbocycles. The third-order valence-electron chi connectivity index (χ3n) is 3.91.